The molecule has 4 aromatic rings. The number of nitrogens with two attached hydrogens (primary N) is 1. The van der Waals surface area contributed by atoms with Gasteiger partial charge in [0.2, 0.25) is 5.95 Å². The SMILES string of the molecule is N[C@@H]1CCC[C@H]1Nc1ncc(C(F)(F)F)c(-c2n[nH]c3nn4ccccc4c23)n1. The third kappa shape index (κ3) is 2.97. The second kappa shape index (κ2) is 6.41. The van der Waals surface area contributed by atoms with E-state index in [9.17, 15) is 13.2 Å². The molecule has 11 heteroatoms. The molecule has 0 bridgehead atoms. The highest BCUT2D eigenvalue weighted by Gasteiger charge is 2.37. The summed E-state index contributed by atoms with van der Waals surface area (Å²) in [4.78, 5) is 8.09. The number of fused-ring (bicyclic) bond motifs is 3. The van der Waals surface area contributed by atoms with Crippen molar-refractivity contribution in [3.05, 3.63) is 36.2 Å². The van der Waals surface area contributed by atoms with Gasteiger partial charge in [0, 0.05) is 24.5 Å². The summed E-state index contributed by atoms with van der Waals surface area (Å²) in [5.74, 6) is 0.1000. The van der Waals surface area contributed by atoms with Gasteiger partial charge >= 0.3 is 6.18 Å². The molecular formula is C18H17F3N8. The average molecular weight is 402 g/mol. The fourth-order valence-electron chi connectivity index (χ4n) is 3.82. The van der Waals surface area contributed by atoms with Crippen LogP contribution in [0.1, 0.15) is 24.8 Å². The van der Waals surface area contributed by atoms with Gasteiger partial charge in [-0.3, -0.25) is 5.10 Å². The van der Waals surface area contributed by atoms with Crippen molar-refractivity contribution >= 4 is 22.5 Å². The van der Waals surface area contributed by atoms with Gasteiger partial charge in [0.15, 0.2) is 5.65 Å². The Morgan fingerprint density at radius 3 is 2.83 bits per heavy atom. The second-order valence-electron chi connectivity index (χ2n) is 7.13. The molecule has 1 saturated carbocycles. The Morgan fingerprint density at radius 2 is 2.07 bits per heavy atom. The fourth-order valence-corrected chi connectivity index (χ4v) is 3.82. The van der Waals surface area contributed by atoms with Crippen LogP contribution >= 0.6 is 0 Å². The molecule has 2 atom stereocenters. The summed E-state index contributed by atoms with van der Waals surface area (Å²) < 4.78 is 42.7. The lowest BCUT2D eigenvalue weighted by Crippen LogP contribution is -2.35. The summed E-state index contributed by atoms with van der Waals surface area (Å²) in [7, 11) is 0. The first kappa shape index (κ1) is 17.9. The molecule has 0 amide bonds. The first-order valence-electron chi connectivity index (χ1n) is 9.20. The Labute approximate surface area is 162 Å². The minimum atomic E-state index is -4.63. The number of aromatic nitrogens is 6. The molecule has 5 rings (SSSR count). The van der Waals surface area contributed by atoms with Crippen molar-refractivity contribution in [3.63, 3.8) is 0 Å². The van der Waals surface area contributed by atoms with Crippen LogP contribution in [0, 0.1) is 0 Å². The highest BCUT2D eigenvalue weighted by molar-refractivity contribution is 6.02. The Balaban J connectivity index is 1.68. The van der Waals surface area contributed by atoms with Gasteiger partial charge in [0.25, 0.3) is 0 Å². The lowest BCUT2D eigenvalue weighted by molar-refractivity contribution is -0.137. The van der Waals surface area contributed by atoms with E-state index >= 15 is 0 Å². The smallest absolute Gasteiger partial charge is 0.350 e. The van der Waals surface area contributed by atoms with Gasteiger partial charge in [0.1, 0.15) is 17.0 Å². The highest BCUT2D eigenvalue weighted by Crippen LogP contribution is 2.38. The second-order valence-corrected chi connectivity index (χ2v) is 7.13. The topological polar surface area (TPSA) is 110 Å². The number of aromatic amines is 1. The van der Waals surface area contributed by atoms with Crippen LogP contribution in [0.15, 0.2) is 30.6 Å². The standard InChI is InChI=1S/C18H17F3N8/c19-18(20,21)9-8-23-17(24-11-5-3-4-10(11)22)25-14(9)15-13-12-6-1-2-7-29(12)28-16(13)27-26-15/h1-2,6-8,10-11H,3-5,22H2,(H,27,28)(H,23,24,25)/t10-,11-/m1/s1. The molecule has 0 saturated heterocycles. The molecule has 0 aromatic carbocycles. The quantitative estimate of drug-likeness (QED) is 0.486. The van der Waals surface area contributed by atoms with Crippen molar-refractivity contribution in [1.82, 2.24) is 29.8 Å². The van der Waals surface area contributed by atoms with Crippen LogP contribution in [0.4, 0.5) is 19.1 Å². The number of anilines is 1. The zero-order valence-electron chi connectivity index (χ0n) is 15.1. The Hall–Kier alpha value is -3.21. The number of pyridine rings is 1. The molecule has 0 unspecified atom stereocenters. The minimum absolute atomic E-state index is 0.0734. The fraction of sp³-hybridized carbons (Fsp3) is 0.333. The van der Waals surface area contributed by atoms with E-state index in [1.54, 1.807) is 28.9 Å². The molecular weight excluding hydrogens is 385 g/mol. The van der Waals surface area contributed by atoms with E-state index in [1.807, 2.05) is 0 Å². The molecule has 0 spiro atoms. The summed E-state index contributed by atoms with van der Waals surface area (Å²) in [6.45, 7) is 0. The number of hydrogen-bond donors (Lipinski definition) is 3. The number of H-pyrrole nitrogens is 1. The van der Waals surface area contributed by atoms with E-state index in [0.29, 0.717) is 16.6 Å². The van der Waals surface area contributed by atoms with E-state index < -0.39 is 11.7 Å². The van der Waals surface area contributed by atoms with E-state index in [2.05, 4.69) is 30.6 Å². The van der Waals surface area contributed by atoms with Crippen molar-refractivity contribution in [1.29, 1.82) is 0 Å². The molecule has 0 radical (unpaired) electrons. The van der Waals surface area contributed by atoms with Crippen molar-refractivity contribution in [2.45, 2.75) is 37.5 Å². The van der Waals surface area contributed by atoms with Gasteiger partial charge < -0.3 is 11.1 Å². The third-order valence-corrected chi connectivity index (χ3v) is 5.25. The molecule has 4 N–H and O–H groups in total. The first-order valence-corrected chi connectivity index (χ1v) is 9.20. The molecule has 1 aliphatic rings. The van der Waals surface area contributed by atoms with Crippen LogP contribution in [-0.4, -0.2) is 41.9 Å². The Bertz CT molecular complexity index is 1190. The predicted octanol–water partition coefficient (Wildman–Crippen LogP) is 2.98. The van der Waals surface area contributed by atoms with Crippen LogP contribution in [0.3, 0.4) is 0 Å². The molecule has 150 valence electrons. The zero-order chi connectivity index (χ0) is 20.2. The van der Waals surface area contributed by atoms with Gasteiger partial charge in [0.05, 0.1) is 10.9 Å². The zero-order valence-corrected chi connectivity index (χ0v) is 15.1. The summed E-state index contributed by atoms with van der Waals surface area (Å²) >= 11 is 0. The van der Waals surface area contributed by atoms with Gasteiger partial charge in [-0.05, 0) is 31.4 Å². The first-order chi connectivity index (χ1) is 13.9. The maximum Gasteiger partial charge on any atom is 0.420 e. The maximum atomic E-state index is 13.7. The molecule has 4 aromatic heterocycles. The third-order valence-electron chi connectivity index (χ3n) is 5.25. The Morgan fingerprint density at radius 1 is 1.21 bits per heavy atom. The van der Waals surface area contributed by atoms with Gasteiger partial charge in [-0.25, -0.2) is 14.5 Å². The normalized spacial score (nSPS) is 20.0. The number of halogens is 3. The Kier molecular flexibility index (Phi) is 3.95. The maximum absolute atomic E-state index is 13.7. The number of alkyl halides is 3. The summed E-state index contributed by atoms with van der Waals surface area (Å²) in [6.07, 6.45) is 0.499. The average Bonchev–Trinajstić information content (AvgIpc) is 3.36. The molecule has 0 aliphatic heterocycles. The van der Waals surface area contributed by atoms with Crippen LogP contribution < -0.4 is 11.1 Å². The predicted molar refractivity (Wildman–Crippen MR) is 100 cm³/mol. The van der Waals surface area contributed by atoms with Crippen molar-refractivity contribution < 1.29 is 13.2 Å². The van der Waals surface area contributed by atoms with E-state index in [1.165, 1.54) is 0 Å². The minimum Gasteiger partial charge on any atom is -0.350 e. The van der Waals surface area contributed by atoms with Crippen LogP contribution in [0.2, 0.25) is 0 Å². The van der Waals surface area contributed by atoms with Gasteiger partial charge in [-0.2, -0.15) is 18.3 Å². The summed E-state index contributed by atoms with van der Waals surface area (Å²) in [5.41, 5.74) is 5.89. The lowest BCUT2D eigenvalue weighted by Gasteiger charge is -2.18. The molecule has 29 heavy (non-hydrogen) atoms. The van der Waals surface area contributed by atoms with E-state index in [-0.39, 0.29) is 29.4 Å². The number of nitrogens with zero attached hydrogens (tertiary/aromatic N) is 5. The van der Waals surface area contributed by atoms with Crippen molar-refractivity contribution in [2.24, 2.45) is 5.73 Å². The van der Waals surface area contributed by atoms with E-state index in [0.717, 1.165) is 25.5 Å². The van der Waals surface area contributed by atoms with Crippen LogP contribution in [-0.2, 0) is 6.18 Å². The molecule has 1 fully saturated rings. The van der Waals surface area contributed by atoms with Crippen molar-refractivity contribution in [2.75, 3.05) is 5.32 Å². The monoisotopic (exact) mass is 402 g/mol. The molecule has 8 nitrogen and oxygen atoms in total. The summed E-state index contributed by atoms with van der Waals surface area (Å²) in [6, 6.07) is 5.17. The van der Waals surface area contributed by atoms with Crippen molar-refractivity contribution in [3.8, 4) is 11.4 Å². The van der Waals surface area contributed by atoms with Crippen LogP contribution in [0.25, 0.3) is 27.9 Å². The highest BCUT2D eigenvalue weighted by atomic mass is 19.4. The molecule has 4 heterocycles. The van der Waals surface area contributed by atoms with Gasteiger partial charge in [-0.1, -0.05) is 6.07 Å². The van der Waals surface area contributed by atoms with Gasteiger partial charge in [-0.15, -0.1) is 5.10 Å². The number of nitrogens with one attached hydrogen (secondary N) is 2. The number of rotatable bonds is 3. The summed E-state index contributed by atoms with van der Waals surface area (Å²) in [5, 5.41) is 14.7. The number of hydrogen-bond acceptors (Lipinski definition) is 6. The molecule has 1 aliphatic carbocycles. The lowest BCUT2D eigenvalue weighted by atomic mass is 10.1. The van der Waals surface area contributed by atoms with Crippen LogP contribution in [0.5, 0.6) is 0 Å². The van der Waals surface area contributed by atoms with E-state index in [4.69, 9.17) is 5.73 Å². The largest absolute Gasteiger partial charge is 0.420 e.